The molecule has 0 radical (unpaired) electrons. The second-order valence-corrected chi connectivity index (χ2v) is 3.32. The number of benzene rings is 1. The Labute approximate surface area is 84.3 Å². The van der Waals surface area contributed by atoms with E-state index >= 15 is 0 Å². The molecule has 1 unspecified atom stereocenters. The third kappa shape index (κ3) is 3.59. The van der Waals surface area contributed by atoms with Crippen LogP contribution in [0.25, 0.3) is 0 Å². The topological polar surface area (TPSA) is 12.0 Å². The summed E-state index contributed by atoms with van der Waals surface area (Å²) in [6.07, 6.45) is 5.89. The zero-order valence-electron chi connectivity index (χ0n) is 8.26. The van der Waals surface area contributed by atoms with Crippen LogP contribution in [-0.4, -0.2) is 6.04 Å². The Morgan fingerprint density at radius 2 is 2.07 bits per heavy atom. The van der Waals surface area contributed by atoms with Crippen LogP contribution in [0.5, 0.6) is 0 Å². The maximum atomic E-state index is 12.6. The van der Waals surface area contributed by atoms with Crippen molar-refractivity contribution < 1.29 is 4.39 Å². The number of nitrogens with one attached hydrogen (secondary N) is 1. The minimum absolute atomic E-state index is 0.203. The monoisotopic (exact) mass is 191 g/mol. The molecule has 0 bridgehead atoms. The molecule has 74 valence electrons. The van der Waals surface area contributed by atoms with Crippen LogP contribution in [0, 0.1) is 18.2 Å². The Hall–Kier alpha value is -1.33. The normalized spacial score (nSPS) is 12.1. The van der Waals surface area contributed by atoms with E-state index < -0.39 is 0 Å². The quantitative estimate of drug-likeness (QED) is 0.720. The molecule has 0 aliphatic carbocycles. The van der Waals surface area contributed by atoms with Crippen LogP contribution < -0.4 is 5.32 Å². The van der Waals surface area contributed by atoms with Gasteiger partial charge in [-0.15, -0.1) is 12.3 Å². The van der Waals surface area contributed by atoms with Gasteiger partial charge in [0.1, 0.15) is 5.82 Å². The van der Waals surface area contributed by atoms with E-state index in [0.717, 1.165) is 12.1 Å². The molecule has 0 fully saturated rings. The van der Waals surface area contributed by atoms with Gasteiger partial charge in [-0.1, -0.05) is 12.1 Å². The fourth-order valence-corrected chi connectivity index (χ4v) is 1.14. The van der Waals surface area contributed by atoms with Crippen molar-refractivity contribution >= 4 is 0 Å². The number of terminal acetylenes is 1. The molecule has 1 atom stereocenters. The summed E-state index contributed by atoms with van der Waals surface area (Å²) in [5.41, 5.74) is 1.07. The van der Waals surface area contributed by atoms with Gasteiger partial charge in [-0.2, -0.15) is 0 Å². The van der Waals surface area contributed by atoms with E-state index in [1.165, 1.54) is 12.1 Å². The van der Waals surface area contributed by atoms with Crippen molar-refractivity contribution in [3.63, 3.8) is 0 Å². The number of rotatable bonds is 4. The molecule has 2 heteroatoms. The Kier molecular flexibility index (Phi) is 4.15. The average molecular weight is 191 g/mol. The summed E-state index contributed by atoms with van der Waals surface area (Å²) < 4.78 is 12.6. The molecule has 0 amide bonds. The molecule has 14 heavy (non-hydrogen) atoms. The van der Waals surface area contributed by atoms with Crippen LogP contribution in [0.2, 0.25) is 0 Å². The lowest BCUT2D eigenvalue weighted by molar-refractivity contribution is 0.558. The Balaban J connectivity index is 2.39. The van der Waals surface area contributed by atoms with Crippen molar-refractivity contribution in [1.82, 2.24) is 5.32 Å². The molecule has 0 saturated heterocycles. The molecule has 1 aromatic carbocycles. The van der Waals surface area contributed by atoms with Crippen LogP contribution in [0.1, 0.15) is 18.9 Å². The molecule has 0 saturated carbocycles. The second-order valence-electron chi connectivity index (χ2n) is 3.32. The summed E-state index contributed by atoms with van der Waals surface area (Å²) in [6.45, 7) is 2.76. The molecule has 1 nitrogen and oxygen atoms in total. The van der Waals surface area contributed by atoms with Crippen LogP contribution in [0.15, 0.2) is 24.3 Å². The van der Waals surface area contributed by atoms with Gasteiger partial charge in [0, 0.05) is 19.0 Å². The highest BCUT2D eigenvalue weighted by molar-refractivity contribution is 5.15. The lowest BCUT2D eigenvalue weighted by atomic mass is 10.2. The number of hydrogen-bond acceptors (Lipinski definition) is 1. The molecule has 1 rings (SSSR count). The van der Waals surface area contributed by atoms with Crippen molar-refractivity contribution in [2.75, 3.05) is 0 Å². The Bertz CT molecular complexity index is 310. The Morgan fingerprint density at radius 1 is 1.43 bits per heavy atom. The van der Waals surface area contributed by atoms with Gasteiger partial charge < -0.3 is 5.32 Å². The Morgan fingerprint density at radius 3 is 2.64 bits per heavy atom. The van der Waals surface area contributed by atoms with Crippen molar-refractivity contribution in [3.8, 4) is 12.3 Å². The number of hydrogen-bond donors (Lipinski definition) is 1. The second kappa shape index (κ2) is 5.41. The van der Waals surface area contributed by atoms with E-state index in [9.17, 15) is 4.39 Å². The minimum Gasteiger partial charge on any atom is -0.309 e. The van der Waals surface area contributed by atoms with E-state index in [1.807, 2.05) is 6.92 Å². The predicted molar refractivity (Wildman–Crippen MR) is 56.2 cm³/mol. The van der Waals surface area contributed by atoms with Gasteiger partial charge in [-0.05, 0) is 24.6 Å². The third-order valence-electron chi connectivity index (χ3n) is 1.99. The third-order valence-corrected chi connectivity index (χ3v) is 1.99. The van der Waals surface area contributed by atoms with Gasteiger partial charge in [0.05, 0.1) is 0 Å². The summed E-state index contributed by atoms with van der Waals surface area (Å²) in [5.74, 6) is 2.39. The summed E-state index contributed by atoms with van der Waals surface area (Å²) >= 11 is 0. The average Bonchev–Trinajstić information content (AvgIpc) is 2.17. The summed E-state index contributed by atoms with van der Waals surface area (Å²) in [4.78, 5) is 0. The van der Waals surface area contributed by atoms with Crippen LogP contribution >= 0.6 is 0 Å². The smallest absolute Gasteiger partial charge is 0.123 e. The zero-order valence-corrected chi connectivity index (χ0v) is 8.26. The summed E-state index contributed by atoms with van der Waals surface area (Å²) in [5, 5.41) is 3.25. The maximum absolute atomic E-state index is 12.6. The van der Waals surface area contributed by atoms with Crippen LogP contribution in [0.4, 0.5) is 4.39 Å². The standard InChI is InChI=1S/C12H14FN/c1-3-4-10(2)14-9-11-5-7-12(13)8-6-11/h1,5-8,10,14H,4,9H2,2H3. The first kappa shape index (κ1) is 10.7. The molecule has 0 aliphatic heterocycles. The van der Waals surface area contributed by atoms with E-state index in [-0.39, 0.29) is 5.82 Å². The number of halogens is 1. The summed E-state index contributed by atoms with van der Waals surface area (Å²) in [6, 6.07) is 6.76. The molecule has 0 spiro atoms. The maximum Gasteiger partial charge on any atom is 0.123 e. The van der Waals surface area contributed by atoms with Gasteiger partial charge in [-0.3, -0.25) is 0 Å². The van der Waals surface area contributed by atoms with Gasteiger partial charge >= 0.3 is 0 Å². The molecule has 1 N–H and O–H groups in total. The first-order valence-electron chi connectivity index (χ1n) is 4.63. The lowest BCUT2D eigenvalue weighted by Gasteiger charge is -2.10. The van der Waals surface area contributed by atoms with Crippen molar-refractivity contribution in [2.24, 2.45) is 0 Å². The van der Waals surface area contributed by atoms with E-state index in [0.29, 0.717) is 12.5 Å². The molecule has 0 heterocycles. The highest BCUT2D eigenvalue weighted by Gasteiger charge is 1.99. The minimum atomic E-state index is -0.203. The SMILES string of the molecule is C#CCC(C)NCc1ccc(F)cc1. The van der Waals surface area contributed by atoms with Gasteiger partial charge in [0.2, 0.25) is 0 Å². The largest absolute Gasteiger partial charge is 0.309 e. The fourth-order valence-electron chi connectivity index (χ4n) is 1.14. The summed E-state index contributed by atoms with van der Waals surface area (Å²) in [7, 11) is 0. The zero-order chi connectivity index (χ0) is 10.4. The van der Waals surface area contributed by atoms with Crippen molar-refractivity contribution in [3.05, 3.63) is 35.6 Å². The molecular weight excluding hydrogens is 177 g/mol. The van der Waals surface area contributed by atoms with E-state index in [1.54, 1.807) is 12.1 Å². The van der Waals surface area contributed by atoms with Gasteiger partial charge in [-0.25, -0.2) is 4.39 Å². The fraction of sp³-hybridized carbons (Fsp3) is 0.333. The lowest BCUT2D eigenvalue weighted by Crippen LogP contribution is -2.24. The molecular formula is C12H14FN. The molecule has 1 aromatic rings. The van der Waals surface area contributed by atoms with Crippen LogP contribution in [0.3, 0.4) is 0 Å². The molecule has 0 aliphatic rings. The van der Waals surface area contributed by atoms with E-state index in [2.05, 4.69) is 11.2 Å². The van der Waals surface area contributed by atoms with Crippen molar-refractivity contribution in [2.45, 2.75) is 25.9 Å². The van der Waals surface area contributed by atoms with Crippen LogP contribution in [-0.2, 0) is 6.54 Å². The highest BCUT2D eigenvalue weighted by atomic mass is 19.1. The first-order chi connectivity index (χ1) is 6.72. The van der Waals surface area contributed by atoms with Gasteiger partial charge in [0.15, 0.2) is 0 Å². The van der Waals surface area contributed by atoms with Crippen molar-refractivity contribution in [1.29, 1.82) is 0 Å². The first-order valence-corrected chi connectivity index (χ1v) is 4.63. The van der Waals surface area contributed by atoms with E-state index in [4.69, 9.17) is 6.42 Å². The predicted octanol–water partition coefficient (Wildman–Crippen LogP) is 2.33. The highest BCUT2D eigenvalue weighted by Crippen LogP contribution is 2.02. The van der Waals surface area contributed by atoms with Gasteiger partial charge in [0.25, 0.3) is 0 Å². The molecule has 0 aromatic heterocycles.